The maximum Gasteiger partial charge on any atom is 0.326 e. The number of carbonyl (C=O) groups is 2. The number of aliphatic carboxylic acids is 2. The van der Waals surface area contributed by atoms with Gasteiger partial charge in [0.15, 0.2) is 0 Å². The van der Waals surface area contributed by atoms with E-state index in [-0.39, 0.29) is 18.1 Å². The number of methoxy groups -OCH3 is 1. The Morgan fingerprint density at radius 3 is 1.42 bits per heavy atom. The van der Waals surface area contributed by atoms with Gasteiger partial charge in [-0.05, 0) is 65.6 Å². The fourth-order valence-electron chi connectivity index (χ4n) is 7.36. The van der Waals surface area contributed by atoms with Gasteiger partial charge in [-0.1, -0.05) is 127 Å². The Hall–Kier alpha value is -8.32. The molecule has 0 aliphatic rings. The Morgan fingerprint density at radius 2 is 0.985 bits per heavy atom. The predicted octanol–water partition coefficient (Wildman–Crippen LogP) is 10.3. The molecule has 0 saturated carbocycles. The molecule has 2 atom stereocenters. The van der Waals surface area contributed by atoms with Crippen LogP contribution in [-0.4, -0.2) is 61.3 Å². The summed E-state index contributed by atoms with van der Waals surface area (Å²) < 4.78 is 32.8. The molecule has 2 unspecified atom stereocenters. The third kappa shape index (κ3) is 13.4. The summed E-state index contributed by atoms with van der Waals surface area (Å²) in [4.78, 5) is 42.7. The van der Waals surface area contributed by atoms with Crippen molar-refractivity contribution in [2.45, 2.75) is 44.7 Å². The minimum atomic E-state index is -1.02. The quantitative estimate of drug-likeness (QED) is 0.0689. The molecule has 0 bridgehead atoms. The summed E-state index contributed by atoms with van der Waals surface area (Å²) in [6.45, 7) is 1.97. The zero-order valence-corrected chi connectivity index (χ0v) is 36.8. The lowest BCUT2D eigenvalue weighted by atomic mass is 10.0. The molecule has 0 saturated heterocycles. The fraction of sp³-hybridized carbons (Fsp3) is 0.148. The molecule has 0 aliphatic heterocycles. The molecule has 6 aromatic carbocycles. The van der Waals surface area contributed by atoms with Crippen LogP contribution in [0.4, 0.5) is 20.4 Å². The van der Waals surface area contributed by atoms with Gasteiger partial charge < -0.3 is 25.6 Å². The van der Waals surface area contributed by atoms with Crippen LogP contribution < -0.4 is 15.4 Å². The number of nitrogens with one attached hydrogen (secondary N) is 2. The molecule has 0 amide bonds. The average Bonchev–Trinajstić information content (AvgIpc) is 3.33. The van der Waals surface area contributed by atoms with E-state index in [1.165, 1.54) is 24.3 Å². The van der Waals surface area contributed by atoms with Gasteiger partial charge in [0.25, 0.3) is 0 Å². The minimum Gasteiger partial charge on any atom is -0.497 e. The van der Waals surface area contributed by atoms with Gasteiger partial charge in [0.2, 0.25) is 0 Å². The van der Waals surface area contributed by atoms with E-state index in [2.05, 4.69) is 20.6 Å². The fourth-order valence-corrected chi connectivity index (χ4v) is 7.36. The third-order valence-electron chi connectivity index (χ3n) is 10.7. The SMILES string of the molecule is COc1cccc(CC(Nc2ncc(-c3ccccc3)nc2Cc2cccc(F)c2)C(=O)O)c1.Cc1cccc(CC(Nc2ncc(-c3ccccc3)nc2Cc2cccc(F)c2)C(=O)O)c1. The van der Waals surface area contributed by atoms with E-state index in [1.54, 1.807) is 49.8 Å². The van der Waals surface area contributed by atoms with Gasteiger partial charge in [-0.15, -0.1) is 0 Å². The van der Waals surface area contributed by atoms with Gasteiger partial charge in [-0.2, -0.15) is 0 Å². The second kappa shape index (κ2) is 22.5. The number of rotatable bonds is 17. The molecule has 13 heteroatoms. The first-order chi connectivity index (χ1) is 32.5. The van der Waals surface area contributed by atoms with Gasteiger partial charge in [0.05, 0.1) is 42.3 Å². The van der Waals surface area contributed by atoms with Crippen LogP contribution >= 0.6 is 0 Å². The molecule has 0 fully saturated rings. The van der Waals surface area contributed by atoms with Crippen molar-refractivity contribution < 1.29 is 33.3 Å². The first-order valence-electron chi connectivity index (χ1n) is 21.5. The molecule has 67 heavy (non-hydrogen) atoms. The minimum absolute atomic E-state index is 0.216. The van der Waals surface area contributed by atoms with E-state index in [0.29, 0.717) is 65.0 Å². The molecule has 11 nitrogen and oxygen atoms in total. The summed E-state index contributed by atoms with van der Waals surface area (Å²) in [7, 11) is 1.56. The van der Waals surface area contributed by atoms with Crippen molar-refractivity contribution in [1.29, 1.82) is 0 Å². The lowest BCUT2D eigenvalue weighted by molar-refractivity contribution is -0.138. The van der Waals surface area contributed by atoms with E-state index in [1.807, 2.05) is 110 Å². The summed E-state index contributed by atoms with van der Waals surface area (Å²) in [5.41, 5.74) is 8.40. The van der Waals surface area contributed by atoms with Gasteiger partial charge >= 0.3 is 11.9 Å². The monoisotopic (exact) mass is 898 g/mol. The number of carboxylic acids is 2. The molecule has 8 rings (SSSR count). The predicted molar refractivity (Wildman–Crippen MR) is 255 cm³/mol. The van der Waals surface area contributed by atoms with Crippen LogP contribution in [0.2, 0.25) is 0 Å². The van der Waals surface area contributed by atoms with Crippen LogP contribution in [0.3, 0.4) is 0 Å². The van der Waals surface area contributed by atoms with E-state index < -0.39 is 24.0 Å². The second-order valence-electron chi connectivity index (χ2n) is 15.8. The summed E-state index contributed by atoms with van der Waals surface area (Å²) in [5.74, 6) is -1.31. The first kappa shape index (κ1) is 46.7. The Bertz CT molecular complexity index is 2940. The molecule has 2 aromatic heterocycles. The molecule has 0 radical (unpaired) electrons. The van der Waals surface area contributed by atoms with Crippen molar-refractivity contribution in [3.63, 3.8) is 0 Å². The maximum absolute atomic E-state index is 13.8. The lowest BCUT2D eigenvalue weighted by Crippen LogP contribution is -2.32. The van der Waals surface area contributed by atoms with E-state index in [9.17, 15) is 28.6 Å². The van der Waals surface area contributed by atoms with Crippen LogP contribution in [0.5, 0.6) is 5.75 Å². The number of hydrogen-bond donors (Lipinski definition) is 4. The number of aryl methyl sites for hydroxylation is 1. The summed E-state index contributed by atoms with van der Waals surface area (Å²) >= 11 is 0. The summed E-state index contributed by atoms with van der Waals surface area (Å²) in [5, 5.41) is 25.8. The Balaban J connectivity index is 0.000000199. The first-order valence-corrected chi connectivity index (χ1v) is 21.5. The highest BCUT2D eigenvalue weighted by Crippen LogP contribution is 2.26. The number of hydrogen-bond acceptors (Lipinski definition) is 9. The molecule has 0 aliphatic carbocycles. The number of halogens is 2. The molecule has 2 heterocycles. The molecule has 4 N–H and O–H groups in total. The van der Waals surface area contributed by atoms with E-state index in [0.717, 1.165) is 33.4 Å². The zero-order valence-electron chi connectivity index (χ0n) is 36.8. The number of nitrogens with zero attached hydrogens (tertiary/aromatic N) is 4. The van der Waals surface area contributed by atoms with Crippen LogP contribution in [0.25, 0.3) is 22.5 Å². The van der Waals surface area contributed by atoms with Crippen LogP contribution in [0.15, 0.2) is 170 Å². The summed E-state index contributed by atoms with van der Waals surface area (Å²) in [6, 6.07) is 44.9. The van der Waals surface area contributed by atoms with Crippen molar-refractivity contribution in [2.24, 2.45) is 0 Å². The van der Waals surface area contributed by atoms with Crippen molar-refractivity contribution in [1.82, 2.24) is 19.9 Å². The maximum atomic E-state index is 13.8. The van der Waals surface area contributed by atoms with Gasteiger partial charge in [-0.3, -0.25) is 0 Å². The average molecular weight is 899 g/mol. The Morgan fingerprint density at radius 1 is 0.552 bits per heavy atom. The number of carboxylic acid groups (broad SMARTS) is 2. The topological polar surface area (TPSA) is 159 Å². The van der Waals surface area contributed by atoms with Crippen molar-refractivity contribution in [3.8, 4) is 28.3 Å². The Labute approximate surface area is 387 Å². The molecule has 338 valence electrons. The molecule has 0 spiro atoms. The number of benzene rings is 6. The standard InChI is InChI=1S/C27H24FN3O3.C27H24FN3O2/c1-34-22-12-6-8-19(14-22)16-24(27(32)33)31-26-23(15-18-7-5-11-21(28)13-18)30-25(17-29-26)20-9-3-2-4-10-20;1-18-7-5-8-19(13-18)16-24(27(32)33)31-26-23(15-20-9-6-12-22(28)14-20)30-25(17-29-26)21-10-3-2-4-11-21/h2-14,17,24H,15-16H2,1H3,(H,29,31)(H,32,33);2-14,17,24H,15-16H2,1H3,(H,29,31)(H,32,33). The lowest BCUT2D eigenvalue weighted by Gasteiger charge is -2.18. The highest BCUT2D eigenvalue weighted by atomic mass is 19.1. The van der Waals surface area contributed by atoms with Crippen molar-refractivity contribution in [3.05, 3.63) is 221 Å². The van der Waals surface area contributed by atoms with Gasteiger partial charge in [0, 0.05) is 36.8 Å². The smallest absolute Gasteiger partial charge is 0.326 e. The number of ether oxygens (including phenoxy) is 1. The number of anilines is 2. The second-order valence-corrected chi connectivity index (χ2v) is 15.8. The van der Waals surface area contributed by atoms with Crippen molar-refractivity contribution in [2.75, 3.05) is 17.7 Å². The van der Waals surface area contributed by atoms with E-state index >= 15 is 0 Å². The molecule has 8 aromatic rings. The molecular formula is C54H48F2N6O5. The van der Waals surface area contributed by atoms with Crippen LogP contribution in [0.1, 0.15) is 39.2 Å². The van der Waals surface area contributed by atoms with Gasteiger partial charge in [-0.25, -0.2) is 38.3 Å². The Kier molecular flexibility index (Phi) is 15.7. The van der Waals surface area contributed by atoms with Gasteiger partial charge in [0.1, 0.15) is 41.1 Å². The van der Waals surface area contributed by atoms with Crippen LogP contribution in [0, 0.1) is 18.6 Å². The molecular weight excluding hydrogens is 851 g/mol. The van der Waals surface area contributed by atoms with Crippen molar-refractivity contribution >= 4 is 23.6 Å². The summed E-state index contributed by atoms with van der Waals surface area (Å²) in [6.07, 6.45) is 4.34. The largest absolute Gasteiger partial charge is 0.497 e. The third-order valence-corrected chi connectivity index (χ3v) is 10.7. The highest BCUT2D eigenvalue weighted by molar-refractivity contribution is 5.78. The number of aromatic nitrogens is 4. The zero-order chi connectivity index (χ0) is 47.1. The van der Waals surface area contributed by atoms with Crippen LogP contribution in [-0.2, 0) is 35.3 Å². The highest BCUT2D eigenvalue weighted by Gasteiger charge is 2.23. The normalized spacial score (nSPS) is 11.6. The van der Waals surface area contributed by atoms with E-state index in [4.69, 9.17) is 14.7 Å².